The third kappa shape index (κ3) is 4.08. The molecule has 0 radical (unpaired) electrons. The SMILES string of the molecule is COCCNC(=O)c1cc(Br)ccc1I. The van der Waals surface area contributed by atoms with Gasteiger partial charge in [-0.1, -0.05) is 15.9 Å². The number of hydrogen-bond donors (Lipinski definition) is 1. The summed E-state index contributed by atoms with van der Waals surface area (Å²) in [5.74, 6) is -0.0715. The molecule has 0 fully saturated rings. The van der Waals surface area contributed by atoms with Crippen LogP contribution in [0.1, 0.15) is 10.4 Å². The van der Waals surface area contributed by atoms with Crippen LogP contribution in [0.3, 0.4) is 0 Å². The Balaban J connectivity index is 2.68. The van der Waals surface area contributed by atoms with Crippen molar-refractivity contribution in [2.45, 2.75) is 0 Å². The molecule has 0 saturated heterocycles. The predicted molar refractivity (Wildman–Crippen MR) is 71.1 cm³/mol. The van der Waals surface area contributed by atoms with Crippen molar-refractivity contribution in [3.8, 4) is 0 Å². The Morgan fingerprint density at radius 1 is 1.60 bits per heavy atom. The molecule has 1 rings (SSSR count). The van der Waals surface area contributed by atoms with E-state index in [1.165, 1.54) is 0 Å². The van der Waals surface area contributed by atoms with Gasteiger partial charge in [0.1, 0.15) is 0 Å². The summed E-state index contributed by atoms with van der Waals surface area (Å²) in [6.45, 7) is 1.05. The van der Waals surface area contributed by atoms with E-state index in [2.05, 4.69) is 43.8 Å². The number of carbonyl (C=O) groups excluding carboxylic acids is 1. The van der Waals surface area contributed by atoms with E-state index in [0.29, 0.717) is 18.7 Å². The summed E-state index contributed by atoms with van der Waals surface area (Å²) in [4.78, 5) is 11.7. The molecule has 0 atom stereocenters. The highest BCUT2D eigenvalue weighted by molar-refractivity contribution is 14.1. The summed E-state index contributed by atoms with van der Waals surface area (Å²) < 4.78 is 6.69. The van der Waals surface area contributed by atoms with Gasteiger partial charge in [0.15, 0.2) is 0 Å². The highest BCUT2D eigenvalue weighted by Crippen LogP contribution is 2.18. The Hall–Kier alpha value is -0.140. The quantitative estimate of drug-likeness (QED) is 0.640. The van der Waals surface area contributed by atoms with Crippen LogP contribution in [0.25, 0.3) is 0 Å². The van der Waals surface area contributed by atoms with Crippen molar-refractivity contribution in [1.29, 1.82) is 0 Å². The van der Waals surface area contributed by atoms with Gasteiger partial charge in [-0.05, 0) is 40.8 Å². The molecule has 0 aliphatic rings. The molecule has 82 valence electrons. The highest BCUT2D eigenvalue weighted by atomic mass is 127. The van der Waals surface area contributed by atoms with Crippen molar-refractivity contribution in [2.75, 3.05) is 20.3 Å². The van der Waals surface area contributed by atoms with Crippen LogP contribution < -0.4 is 5.32 Å². The Morgan fingerprint density at radius 2 is 2.33 bits per heavy atom. The summed E-state index contributed by atoms with van der Waals surface area (Å²) >= 11 is 5.48. The van der Waals surface area contributed by atoms with Gasteiger partial charge >= 0.3 is 0 Å². The topological polar surface area (TPSA) is 38.3 Å². The van der Waals surface area contributed by atoms with Gasteiger partial charge in [-0.3, -0.25) is 4.79 Å². The molecule has 0 spiro atoms. The van der Waals surface area contributed by atoms with Crippen molar-refractivity contribution in [3.63, 3.8) is 0 Å². The lowest BCUT2D eigenvalue weighted by molar-refractivity contribution is 0.0936. The molecule has 0 unspecified atom stereocenters. The van der Waals surface area contributed by atoms with E-state index in [-0.39, 0.29) is 5.91 Å². The zero-order chi connectivity index (χ0) is 11.3. The second-order valence-electron chi connectivity index (χ2n) is 2.87. The maximum Gasteiger partial charge on any atom is 0.252 e. The number of methoxy groups -OCH3 is 1. The minimum atomic E-state index is -0.0715. The lowest BCUT2D eigenvalue weighted by atomic mass is 10.2. The van der Waals surface area contributed by atoms with Crippen LogP contribution in [-0.2, 0) is 4.74 Å². The standard InChI is InChI=1S/C10H11BrINO2/c1-15-5-4-13-10(14)8-6-7(11)2-3-9(8)12/h2-3,6H,4-5H2,1H3,(H,13,14). The molecule has 0 heterocycles. The fourth-order valence-corrected chi connectivity index (χ4v) is 1.97. The lowest BCUT2D eigenvalue weighted by Crippen LogP contribution is -2.27. The molecule has 0 aliphatic heterocycles. The van der Waals surface area contributed by atoms with Gasteiger partial charge in [0.2, 0.25) is 0 Å². The van der Waals surface area contributed by atoms with E-state index in [4.69, 9.17) is 4.74 Å². The van der Waals surface area contributed by atoms with E-state index in [1.54, 1.807) is 7.11 Å². The van der Waals surface area contributed by atoms with Crippen LogP contribution in [0.4, 0.5) is 0 Å². The molecule has 0 bridgehead atoms. The molecule has 0 aromatic heterocycles. The third-order valence-electron chi connectivity index (χ3n) is 1.76. The first kappa shape index (κ1) is 12.9. The average molecular weight is 384 g/mol. The monoisotopic (exact) mass is 383 g/mol. The van der Waals surface area contributed by atoms with E-state index < -0.39 is 0 Å². The molecule has 5 heteroatoms. The zero-order valence-electron chi connectivity index (χ0n) is 8.22. The minimum Gasteiger partial charge on any atom is -0.383 e. The highest BCUT2D eigenvalue weighted by Gasteiger charge is 2.09. The maximum atomic E-state index is 11.7. The summed E-state index contributed by atoms with van der Waals surface area (Å²) in [6.07, 6.45) is 0. The number of nitrogens with one attached hydrogen (secondary N) is 1. The summed E-state index contributed by atoms with van der Waals surface area (Å²) in [6, 6.07) is 5.62. The minimum absolute atomic E-state index is 0.0715. The molecule has 3 nitrogen and oxygen atoms in total. The molecule has 0 saturated carbocycles. The van der Waals surface area contributed by atoms with Crippen molar-refractivity contribution >= 4 is 44.4 Å². The van der Waals surface area contributed by atoms with E-state index in [9.17, 15) is 4.79 Å². The van der Waals surface area contributed by atoms with Crippen LogP contribution in [-0.4, -0.2) is 26.2 Å². The van der Waals surface area contributed by atoms with E-state index in [1.807, 2.05) is 18.2 Å². The first-order valence-corrected chi connectivity index (χ1v) is 6.24. The van der Waals surface area contributed by atoms with Crippen LogP contribution in [0.2, 0.25) is 0 Å². The fourth-order valence-electron chi connectivity index (χ4n) is 1.03. The summed E-state index contributed by atoms with van der Waals surface area (Å²) in [5.41, 5.74) is 0.682. The van der Waals surface area contributed by atoms with Crippen LogP contribution in [0, 0.1) is 3.57 Å². The molecule has 1 aromatic rings. The molecule has 1 amide bonds. The number of hydrogen-bond acceptors (Lipinski definition) is 2. The van der Waals surface area contributed by atoms with Gasteiger partial charge in [0.25, 0.3) is 5.91 Å². The normalized spacial score (nSPS) is 10.1. The van der Waals surface area contributed by atoms with Gasteiger partial charge in [0, 0.05) is 21.7 Å². The number of ether oxygens (including phenoxy) is 1. The van der Waals surface area contributed by atoms with Crippen molar-refractivity contribution in [2.24, 2.45) is 0 Å². The third-order valence-corrected chi connectivity index (χ3v) is 3.20. The number of carbonyl (C=O) groups is 1. The zero-order valence-corrected chi connectivity index (χ0v) is 12.0. The largest absolute Gasteiger partial charge is 0.383 e. The van der Waals surface area contributed by atoms with Gasteiger partial charge < -0.3 is 10.1 Å². The van der Waals surface area contributed by atoms with E-state index >= 15 is 0 Å². The average Bonchev–Trinajstić information content (AvgIpc) is 2.22. The van der Waals surface area contributed by atoms with Crippen LogP contribution in [0.15, 0.2) is 22.7 Å². The van der Waals surface area contributed by atoms with Gasteiger partial charge in [-0.25, -0.2) is 0 Å². The second kappa shape index (κ2) is 6.44. The van der Waals surface area contributed by atoms with Gasteiger partial charge in [-0.15, -0.1) is 0 Å². The number of halogens is 2. The fraction of sp³-hybridized carbons (Fsp3) is 0.300. The van der Waals surface area contributed by atoms with Gasteiger partial charge in [0.05, 0.1) is 12.2 Å². The predicted octanol–water partition coefficient (Wildman–Crippen LogP) is 2.43. The summed E-state index contributed by atoms with van der Waals surface area (Å²) in [5, 5.41) is 2.78. The molecule has 1 N–H and O–H groups in total. The maximum absolute atomic E-state index is 11.7. The smallest absolute Gasteiger partial charge is 0.252 e. The molecule has 0 aliphatic carbocycles. The molecule has 1 aromatic carbocycles. The second-order valence-corrected chi connectivity index (χ2v) is 4.95. The lowest BCUT2D eigenvalue weighted by Gasteiger charge is -2.06. The Kier molecular flexibility index (Phi) is 5.55. The van der Waals surface area contributed by atoms with Crippen molar-refractivity contribution < 1.29 is 9.53 Å². The Bertz CT molecular complexity index is 357. The first-order chi connectivity index (χ1) is 7.15. The number of amides is 1. The number of rotatable bonds is 4. The Labute approximate surface area is 111 Å². The first-order valence-electron chi connectivity index (χ1n) is 4.37. The van der Waals surface area contributed by atoms with Crippen LogP contribution in [0.5, 0.6) is 0 Å². The van der Waals surface area contributed by atoms with Gasteiger partial charge in [-0.2, -0.15) is 0 Å². The molecule has 15 heavy (non-hydrogen) atoms. The van der Waals surface area contributed by atoms with Crippen molar-refractivity contribution in [1.82, 2.24) is 5.32 Å². The van der Waals surface area contributed by atoms with Crippen LogP contribution >= 0.6 is 38.5 Å². The summed E-state index contributed by atoms with van der Waals surface area (Å²) in [7, 11) is 1.61. The molecular weight excluding hydrogens is 373 g/mol. The van der Waals surface area contributed by atoms with E-state index in [0.717, 1.165) is 8.04 Å². The number of benzene rings is 1. The van der Waals surface area contributed by atoms with Crippen molar-refractivity contribution in [3.05, 3.63) is 31.8 Å². The Morgan fingerprint density at radius 3 is 3.00 bits per heavy atom. The molecular formula is C10H11BrINO2.